The van der Waals surface area contributed by atoms with E-state index in [1.165, 1.54) is 40.5 Å². The summed E-state index contributed by atoms with van der Waals surface area (Å²) in [6.07, 6.45) is 2.38. The molecule has 1 heterocycles. The quantitative estimate of drug-likeness (QED) is 0.606. The van der Waals surface area contributed by atoms with Crippen molar-refractivity contribution in [2.45, 2.75) is 54.4 Å². The summed E-state index contributed by atoms with van der Waals surface area (Å²) in [7, 11) is 0. The Morgan fingerprint density at radius 3 is 2.16 bits per heavy atom. The highest BCUT2D eigenvalue weighted by Gasteiger charge is 2.22. The third-order valence-corrected chi connectivity index (χ3v) is 5.66. The predicted molar refractivity (Wildman–Crippen MR) is 87.2 cm³/mol. The second kappa shape index (κ2) is 5.70. The summed E-state index contributed by atoms with van der Waals surface area (Å²) in [5.74, 6) is 1.16. The average Bonchev–Trinajstić information content (AvgIpc) is 2.42. The zero-order valence-electron chi connectivity index (χ0n) is 13.2. The Kier molecular flexibility index (Phi) is 4.39. The SMILES string of the molecule is CCC[N+]1=c2c(C)c(C)c(C)c(C)c2=C(CC)CS1. The Morgan fingerprint density at radius 2 is 1.58 bits per heavy atom. The zero-order valence-corrected chi connectivity index (χ0v) is 14.0. The van der Waals surface area contributed by atoms with Crippen LogP contribution in [0.1, 0.15) is 48.9 Å². The molecule has 19 heavy (non-hydrogen) atoms. The molecule has 1 aromatic rings. The first-order valence-corrected chi connectivity index (χ1v) is 8.32. The third-order valence-electron chi connectivity index (χ3n) is 4.51. The molecule has 0 amide bonds. The van der Waals surface area contributed by atoms with Gasteiger partial charge in [0.15, 0.2) is 18.5 Å². The van der Waals surface area contributed by atoms with E-state index in [9.17, 15) is 0 Å². The molecular formula is C17H26NS+. The number of fused-ring (bicyclic) bond motifs is 1. The Balaban J connectivity index is 3.02. The van der Waals surface area contributed by atoms with E-state index in [1.807, 2.05) is 11.9 Å². The Morgan fingerprint density at radius 1 is 0.947 bits per heavy atom. The maximum absolute atomic E-state index is 2.53. The minimum atomic E-state index is 1.15. The molecule has 1 aliphatic heterocycles. The number of rotatable bonds is 3. The van der Waals surface area contributed by atoms with Crippen LogP contribution in [0.4, 0.5) is 0 Å². The summed E-state index contributed by atoms with van der Waals surface area (Å²) >= 11 is 2.00. The van der Waals surface area contributed by atoms with E-state index in [0.29, 0.717) is 0 Å². The van der Waals surface area contributed by atoms with Crippen molar-refractivity contribution in [3.63, 3.8) is 0 Å². The summed E-state index contributed by atoms with van der Waals surface area (Å²) in [5.41, 5.74) is 7.54. The summed E-state index contributed by atoms with van der Waals surface area (Å²) in [6, 6.07) is 0. The molecule has 1 aliphatic rings. The van der Waals surface area contributed by atoms with Crippen LogP contribution in [0, 0.1) is 27.7 Å². The molecule has 0 radical (unpaired) electrons. The van der Waals surface area contributed by atoms with Gasteiger partial charge in [-0.15, -0.1) is 0 Å². The maximum atomic E-state index is 2.53. The van der Waals surface area contributed by atoms with E-state index >= 15 is 0 Å². The average molecular weight is 276 g/mol. The summed E-state index contributed by atoms with van der Waals surface area (Å²) in [4.78, 5) is 0. The van der Waals surface area contributed by atoms with Crippen molar-refractivity contribution in [3.05, 3.63) is 32.8 Å². The molecule has 0 aliphatic carbocycles. The maximum Gasteiger partial charge on any atom is 0.223 e. The van der Waals surface area contributed by atoms with Crippen LogP contribution in [0.2, 0.25) is 0 Å². The van der Waals surface area contributed by atoms with Gasteiger partial charge in [-0.2, -0.15) is 3.98 Å². The molecule has 2 rings (SSSR count). The topological polar surface area (TPSA) is 3.01 Å². The molecule has 0 saturated heterocycles. The summed E-state index contributed by atoms with van der Waals surface area (Å²) < 4.78 is 2.53. The lowest BCUT2D eigenvalue weighted by atomic mass is 9.94. The lowest BCUT2D eigenvalue weighted by molar-refractivity contribution is 0.764. The van der Waals surface area contributed by atoms with Crippen molar-refractivity contribution in [1.82, 2.24) is 3.98 Å². The minimum Gasteiger partial charge on any atom is -0.158 e. The predicted octanol–water partition coefficient (Wildman–Crippen LogP) is 3.04. The van der Waals surface area contributed by atoms with E-state index in [0.717, 1.165) is 12.3 Å². The van der Waals surface area contributed by atoms with Gasteiger partial charge in [-0.25, -0.2) is 0 Å². The Bertz CT molecular complexity index is 626. The van der Waals surface area contributed by atoms with Gasteiger partial charge in [-0.3, -0.25) is 0 Å². The molecule has 0 unspecified atom stereocenters. The molecule has 0 N–H and O–H groups in total. The van der Waals surface area contributed by atoms with Gasteiger partial charge in [0.05, 0.1) is 11.0 Å². The van der Waals surface area contributed by atoms with E-state index in [4.69, 9.17) is 0 Å². The fourth-order valence-corrected chi connectivity index (χ4v) is 4.32. The normalized spacial score (nSPS) is 14.8. The molecule has 0 spiro atoms. The lowest BCUT2D eigenvalue weighted by Gasteiger charge is -2.16. The molecule has 0 saturated carbocycles. The van der Waals surface area contributed by atoms with Gasteiger partial charge in [-0.1, -0.05) is 13.8 Å². The second-order valence-corrected chi connectivity index (χ2v) is 6.54. The van der Waals surface area contributed by atoms with E-state index < -0.39 is 0 Å². The standard InChI is InChI=1S/C17H26NS/c1-7-9-18-17-14(6)12(4)11(3)13(5)16(17)15(8-2)10-19-18/h7-10H2,1-6H3/q+1. The van der Waals surface area contributed by atoms with Gasteiger partial charge in [0.2, 0.25) is 5.36 Å². The smallest absolute Gasteiger partial charge is 0.158 e. The number of hydrogen-bond donors (Lipinski definition) is 0. The van der Waals surface area contributed by atoms with Gasteiger partial charge in [0.25, 0.3) is 0 Å². The molecular weight excluding hydrogens is 250 g/mol. The van der Waals surface area contributed by atoms with Gasteiger partial charge < -0.3 is 0 Å². The van der Waals surface area contributed by atoms with Crippen molar-refractivity contribution < 1.29 is 0 Å². The first-order chi connectivity index (χ1) is 9.02. The van der Waals surface area contributed by atoms with Crippen LogP contribution in [0.5, 0.6) is 0 Å². The van der Waals surface area contributed by atoms with Crippen LogP contribution in [-0.2, 0) is 0 Å². The summed E-state index contributed by atoms with van der Waals surface area (Å²) in [5, 5.41) is 3.05. The molecule has 2 heteroatoms. The van der Waals surface area contributed by atoms with Gasteiger partial charge in [-0.05, 0) is 56.4 Å². The van der Waals surface area contributed by atoms with Gasteiger partial charge in [0, 0.05) is 12.0 Å². The van der Waals surface area contributed by atoms with Crippen LogP contribution >= 0.6 is 11.9 Å². The molecule has 0 atom stereocenters. The third kappa shape index (κ3) is 2.35. The van der Waals surface area contributed by atoms with E-state index in [1.54, 1.807) is 10.8 Å². The Labute approximate surface area is 121 Å². The van der Waals surface area contributed by atoms with Gasteiger partial charge >= 0.3 is 0 Å². The molecule has 0 fully saturated rings. The van der Waals surface area contributed by atoms with E-state index in [2.05, 4.69) is 45.5 Å². The first kappa shape index (κ1) is 14.6. The molecule has 1 aromatic carbocycles. The van der Waals surface area contributed by atoms with Crippen molar-refractivity contribution in [3.8, 4) is 0 Å². The number of benzene rings is 1. The van der Waals surface area contributed by atoms with Crippen molar-refractivity contribution in [2.75, 3.05) is 12.3 Å². The van der Waals surface area contributed by atoms with Crippen molar-refractivity contribution >= 4 is 17.5 Å². The first-order valence-electron chi connectivity index (χ1n) is 7.38. The van der Waals surface area contributed by atoms with Crippen LogP contribution in [0.25, 0.3) is 5.57 Å². The number of hydrogen-bond acceptors (Lipinski definition) is 1. The van der Waals surface area contributed by atoms with Gasteiger partial charge in [0.1, 0.15) is 0 Å². The van der Waals surface area contributed by atoms with Crippen LogP contribution in [0.15, 0.2) is 0 Å². The second-order valence-electron chi connectivity index (χ2n) is 5.56. The molecule has 0 bridgehead atoms. The molecule has 1 nitrogen and oxygen atoms in total. The molecule has 104 valence electrons. The highest BCUT2D eigenvalue weighted by atomic mass is 32.2. The molecule has 0 aromatic heterocycles. The van der Waals surface area contributed by atoms with Crippen LogP contribution in [-0.4, -0.2) is 12.3 Å². The largest absolute Gasteiger partial charge is 0.223 e. The van der Waals surface area contributed by atoms with Crippen LogP contribution in [0.3, 0.4) is 0 Å². The fourth-order valence-electron chi connectivity index (χ4n) is 2.99. The number of nitrogens with zero attached hydrogens (tertiary/aromatic N) is 1. The zero-order chi connectivity index (χ0) is 14.2. The highest BCUT2D eigenvalue weighted by molar-refractivity contribution is 7.98. The Hall–Kier alpha value is -0.760. The van der Waals surface area contributed by atoms with Crippen molar-refractivity contribution in [1.29, 1.82) is 0 Å². The lowest BCUT2D eigenvalue weighted by Crippen LogP contribution is -2.46. The van der Waals surface area contributed by atoms with Crippen molar-refractivity contribution in [2.24, 2.45) is 0 Å². The minimum absolute atomic E-state index is 1.15. The van der Waals surface area contributed by atoms with E-state index in [-0.39, 0.29) is 0 Å². The monoisotopic (exact) mass is 276 g/mol. The van der Waals surface area contributed by atoms with Crippen LogP contribution < -0.4 is 14.6 Å². The summed E-state index contributed by atoms with van der Waals surface area (Å²) in [6.45, 7) is 14.8. The highest BCUT2D eigenvalue weighted by Crippen LogP contribution is 2.17. The fraction of sp³-hybridized carbons (Fsp3) is 0.588.